The van der Waals surface area contributed by atoms with Gasteiger partial charge in [0, 0.05) is 11.3 Å². The average Bonchev–Trinajstić information content (AvgIpc) is 2.31. The standard InChI is InChI=1S/C11H15N3OS/c1-8(10(7-15)16-2)13-11-5-3-4-9(6-12)14-11/h3-5,8,10,15H,7H2,1-2H3,(H,13,14). The van der Waals surface area contributed by atoms with Gasteiger partial charge in [-0.05, 0) is 25.3 Å². The van der Waals surface area contributed by atoms with Gasteiger partial charge < -0.3 is 10.4 Å². The molecule has 0 radical (unpaired) electrons. The van der Waals surface area contributed by atoms with Crippen molar-refractivity contribution < 1.29 is 5.11 Å². The molecular formula is C11H15N3OS. The predicted molar refractivity (Wildman–Crippen MR) is 66.4 cm³/mol. The van der Waals surface area contributed by atoms with Gasteiger partial charge >= 0.3 is 0 Å². The lowest BCUT2D eigenvalue weighted by Gasteiger charge is -2.21. The molecule has 1 aromatic rings. The van der Waals surface area contributed by atoms with E-state index in [1.54, 1.807) is 23.9 Å². The quantitative estimate of drug-likeness (QED) is 0.811. The van der Waals surface area contributed by atoms with Crippen molar-refractivity contribution in [3.05, 3.63) is 23.9 Å². The maximum atomic E-state index is 9.14. The summed E-state index contributed by atoms with van der Waals surface area (Å²) in [7, 11) is 0. The highest BCUT2D eigenvalue weighted by molar-refractivity contribution is 7.99. The number of pyridine rings is 1. The molecule has 5 heteroatoms. The molecule has 0 saturated heterocycles. The smallest absolute Gasteiger partial charge is 0.142 e. The second-order valence-electron chi connectivity index (χ2n) is 3.41. The molecule has 2 atom stereocenters. The van der Waals surface area contributed by atoms with Crippen LogP contribution in [0.1, 0.15) is 12.6 Å². The van der Waals surface area contributed by atoms with Gasteiger partial charge in [0.05, 0.1) is 6.61 Å². The normalized spacial score (nSPS) is 13.9. The Labute approximate surface area is 99.7 Å². The summed E-state index contributed by atoms with van der Waals surface area (Å²) in [5.74, 6) is 0.666. The van der Waals surface area contributed by atoms with Gasteiger partial charge in [-0.1, -0.05) is 6.07 Å². The summed E-state index contributed by atoms with van der Waals surface area (Å²) in [6.45, 7) is 2.10. The number of rotatable bonds is 5. The maximum absolute atomic E-state index is 9.14. The molecule has 0 aromatic carbocycles. The molecule has 1 aromatic heterocycles. The van der Waals surface area contributed by atoms with Gasteiger partial charge in [-0.3, -0.25) is 0 Å². The van der Waals surface area contributed by atoms with Crippen molar-refractivity contribution >= 4 is 17.6 Å². The van der Waals surface area contributed by atoms with Gasteiger partial charge in [0.25, 0.3) is 0 Å². The molecule has 4 nitrogen and oxygen atoms in total. The van der Waals surface area contributed by atoms with Crippen molar-refractivity contribution in [3.8, 4) is 6.07 Å². The van der Waals surface area contributed by atoms with Crippen LogP contribution in [0.3, 0.4) is 0 Å². The SMILES string of the molecule is CSC(CO)C(C)Nc1cccc(C#N)n1. The number of anilines is 1. The first-order chi connectivity index (χ1) is 7.71. The fourth-order valence-electron chi connectivity index (χ4n) is 1.34. The number of aromatic nitrogens is 1. The van der Waals surface area contributed by atoms with Crippen molar-refractivity contribution in [2.45, 2.75) is 18.2 Å². The van der Waals surface area contributed by atoms with Gasteiger partial charge in [-0.25, -0.2) is 4.98 Å². The first-order valence-electron chi connectivity index (χ1n) is 4.98. The van der Waals surface area contributed by atoms with Gasteiger partial charge in [0.15, 0.2) is 0 Å². The summed E-state index contributed by atoms with van der Waals surface area (Å²) in [4.78, 5) is 4.12. The zero-order valence-electron chi connectivity index (χ0n) is 9.34. The topological polar surface area (TPSA) is 68.9 Å². The Morgan fingerprint density at radius 1 is 1.62 bits per heavy atom. The number of nitrogens with one attached hydrogen (secondary N) is 1. The minimum atomic E-state index is 0.0986. The summed E-state index contributed by atoms with van der Waals surface area (Å²) in [5.41, 5.74) is 0.391. The van der Waals surface area contributed by atoms with E-state index in [-0.39, 0.29) is 17.9 Å². The van der Waals surface area contributed by atoms with Gasteiger partial charge in [0.1, 0.15) is 17.6 Å². The minimum absolute atomic E-state index is 0.0986. The Bertz CT molecular complexity index is 374. The second-order valence-corrected chi connectivity index (χ2v) is 4.49. The fourth-order valence-corrected chi connectivity index (χ4v) is 1.97. The molecule has 0 spiro atoms. The highest BCUT2D eigenvalue weighted by Gasteiger charge is 2.15. The Morgan fingerprint density at radius 3 is 2.94 bits per heavy atom. The lowest BCUT2D eigenvalue weighted by Crippen LogP contribution is -2.31. The summed E-state index contributed by atoms with van der Waals surface area (Å²) in [5, 5.41) is 21.1. The first kappa shape index (κ1) is 12.8. The molecule has 1 heterocycles. The van der Waals surface area contributed by atoms with Gasteiger partial charge in [0.2, 0.25) is 0 Å². The Hall–Kier alpha value is -1.25. The number of nitriles is 1. The molecule has 2 unspecified atom stereocenters. The van der Waals surface area contributed by atoms with E-state index in [0.717, 1.165) is 0 Å². The van der Waals surface area contributed by atoms with Crippen molar-refractivity contribution in [1.29, 1.82) is 5.26 Å². The molecule has 0 fully saturated rings. The van der Waals surface area contributed by atoms with Crippen LogP contribution in [-0.4, -0.2) is 34.2 Å². The van der Waals surface area contributed by atoms with Crippen molar-refractivity contribution in [2.24, 2.45) is 0 Å². The second kappa shape index (κ2) is 6.36. The summed E-state index contributed by atoms with van der Waals surface area (Å²) < 4.78 is 0. The highest BCUT2D eigenvalue weighted by atomic mass is 32.2. The minimum Gasteiger partial charge on any atom is -0.395 e. The monoisotopic (exact) mass is 237 g/mol. The molecule has 2 N–H and O–H groups in total. The third-order valence-corrected chi connectivity index (χ3v) is 3.44. The van der Waals surface area contributed by atoms with E-state index in [1.807, 2.05) is 25.3 Å². The number of thioether (sulfide) groups is 1. The molecule has 86 valence electrons. The van der Waals surface area contributed by atoms with Crippen LogP contribution >= 0.6 is 11.8 Å². The average molecular weight is 237 g/mol. The number of nitrogens with zero attached hydrogens (tertiary/aromatic N) is 2. The molecule has 0 saturated carbocycles. The molecular weight excluding hydrogens is 222 g/mol. The lowest BCUT2D eigenvalue weighted by molar-refractivity contribution is 0.288. The molecule has 0 aliphatic rings. The van der Waals surface area contributed by atoms with Crippen LogP contribution in [0.2, 0.25) is 0 Å². The van der Waals surface area contributed by atoms with E-state index in [9.17, 15) is 0 Å². The van der Waals surface area contributed by atoms with Crippen molar-refractivity contribution in [2.75, 3.05) is 18.2 Å². The Kier molecular flexibility index (Phi) is 5.09. The summed E-state index contributed by atoms with van der Waals surface area (Å²) in [6, 6.07) is 7.35. The van der Waals surface area contributed by atoms with Crippen LogP contribution in [0, 0.1) is 11.3 Å². The van der Waals surface area contributed by atoms with Gasteiger partial charge in [-0.15, -0.1) is 0 Å². The van der Waals surface area contributed by atoms with Crippen LogP contribution in [0.25, 0.3) is 0 Å². The zero-order chi connectivity index (χ0) is 12.0. The van der Waals surface area contributed by atoms with E-state index in [0.29, 0.717) is 11.5 Å². The Morgan fingerprint density at radius 2 is 2.38 bits per heavy atom. The molecule has 0 amide bonds. The lowest BCUT2D eigenvalue weighted by atomic mass is 10.2. The molecule has 0 aliphatic carbocycles. The number of aliphatic hydroxyl groups excluding tert-OH is 1. The van der Waals surface area contributed by atoms with Crippen LogP contribution < -0.4 is 5.32 Å². The molecule has 0 aliphatic heterocycles. The predicted octanol–water partition coefficient (Wildman–Crippen LogP) is 1.48. The van der Waals surface area contributed by atoms with E-state index in [1.165, 1.54) is 0 Å². The van der Waals surface area contributed by atoms with Crippen LogP contribution in [0.4, 0.5) is 5.82 Å². The summed E-state index contributed by atoms with van der Waals surface area (Å²) in [6.07, 6.45) is 1.96. The van der Waals surface area contributed by atoms with E-state index < -0.39 is 0 Å². The Balaban J connectivity index is 2.69. The van der Waals surface area contributed by atoms with Crippen molar-refractivity contribution in [3.63, 3.8) is 0 Å². The molecule has 16 heavy (non-hydrogen) atoms. The largest absolute Gasteiger partial charge is 0.395 e. The third kappa shape index (κ3) is 3.40. The summed E-state index contributed by atoms with van der Waals surface area (Å²) >= 11 is 1.60. The first-order valence-corrected chi connectivity index (χ1v) is 6.27. The van der Waals surface area contributed by atoms with E-state index >= 15 is 0 Å². The maximum Gasteiger partial charge on any atom is 0.142 e. The van der Waals surface area contributed by atoms with Gasteiger partial charge in [-0.2, -0.15) is 17.0 Å². The van der Waals surface area contributed by atoms with Crippen LogP contribution in [0.15, 0.2) is 18.2 Å². The number of aliphatic hydroxyl groups is 1. The van der Waals surface area contributed by atoms with Crippen LogP contribution in [-0.2, 0) is 0 Å². The third-order valence-electron chi connectivity index (χ3n) is 2.28. The van der Waals surface area contributed by atoms with E-state index in [4.69, 9.17) is 10.4 Å². The molecule has 1 rings (SSSR count). The number of hydrogen-bond acceptors (Lipinski definition) is 5. The highest BCUT2D eigenvalue weighted by Crippen LogP contribution is 2.14. The fraction of sp³-hybridized carbons (Fsp3) is 0.455. The van der Waals surface area contributed by atoms with Crippen LogP contribution in [0.5, 0.6) is 0 Å². The van der Waals surface area contributed by atoms with E-state index in [2.05, 4.69) is 10.3 Å². The zero-order valence-corrected chi connectivity index (χ0v) is 10.2. The van der Waals surface area contributed by atoms with Crippen molar-refractivity contribution in [1.82, 2.24) is 4.98 Å². The molecule has 0 bridgehead atoms. The number of hydrogen-bond donors (Lipinski definition) is 2.